The van der Waals surface area contributed by atoms with Crippen molar-refractivity contribution in [1.82, 2.24) is 0 Å². The average molecular weight is 185 g/mol. The molecule has 0 saturated carbocycles. The summed E-state index contributed by atoms with van der Waals surface area (Å²) in [4.78, 5) is 0. The standard InChI is InChI=1S/C8H8.H2O3S/c1-2-8-6-4-3-5-7-8;1-4(2)3/h2-7H,1H2;(H2,1,2,3)/p-1. The van der Waals surface area contributed by atoms with Gasteiger partial charge in [0.2, 0.25) is 0 Å². The van der Waals surface area contributed by atoms with Crippen LogP contribution in [-0.4, -0.2) is 13.3 Å². The van der Waals surface area contributed by atoms with Gasteiger partial charge in [-0.25, -0.2) is 4.21 Å². The Hall–Kier alpha value is -0.970. The predicted octanol–water partition coefficient (Wildman–Crippen LogP) is 1.67. The Bertz CT molecular complexity index is 242. The quantitative estimate of drug-likeness (QED) is 0.677. The van der Waals surface area contributed by atoms with Gasteiger partial charge in [0.1, 0.15) is 0 Å². The van der Waals surface area contributed by atoms with E-state index in [2.05, 4.69) is 6.58 Å². The van der Waals surface area contributed by atoms with Crippen molar-refractivity contribution in [2.45, 2.75) is 0 Å². The van der Waals surface area contributed by atoms with E-state index in [1.165, 1.54) is 5.56 Å². The van der Waals surface area contributed by atoms with E-state index in [0.717, 1.165) is 0 Å². The Morgan fingerprint density at radius 3 is 2.08 bits per heavy atom. The van der Waals surface area contributed by atoms with Gasteiger partial charge >= 0.3 is 0 Å². The second-order valence-electron chi connectivity index (χ2n) is 1.83. The molecule has 1 N–H and O–H groups in total. The van der Waals surface area contributed by atoms with Crippen LogP contribution >= 0.6 is 0 Å². The Labute approximate surface area is 73.9 Å². The number of hydrogen-bond donors (Lipinski definition) is 1. The molecule has 0 bridgehead atoms. The number of hydrogen-bond acceptors (Lipinski definition) is 2. The molecule has 12 heavy (non-hydrogen) atoms. The van der Waals surface area contributed by atoms with Gasteiger partial charge in [0.05, 0.1) is 11.4 Å². The summed E-state index contributed by atoms with van der Waals surface area (Å²) < 4.78 is 24.1. The predicted molar refractivity (Wildman–Crippen MR) is 48.1 cm³/mol. The molecule has 0 aliphatic heterocycles. The van der Waals surface area contributed by atoms with E-state index < -0.39 is 11.4 Å². The van der Waals surface area contributed by atoms with Gasteiger partial charge in [0.15, 0.2) is 0 Å². The molecule has 4 heteroatoms. The zero-order valence-electron chi connectivity index (χ0n) is 6.34. The van der Waals surface area contributed by atoms with Crippen molar-refractivity contribution in [3.05, 3.63) is 42.5 Å². The van der Waals surface area contributed by atoms with Crippen molar-refractivity contribution in [3.63, 3.8) is 0 Å². The molecule has 0 saturated heterocycles. The Balaban J connectivity index is 0.000000261. The normalized spacial score (nSPS) is 10.8. The second kappa shape index (κ2) is 6.72. The zero-order valence-corrected chi connectivity index (χ0v) is 7.16. The van der Waals surface area contributed by atoms with Gasteiger partial charge in [-0.15, -0.1) is 0 Å². The Morgan fingerprint density at radius 1 is 1.42 bits per heavy atom. The maximum Gasteiger partial charge on any atom is 0.0814 e. The van der Waals surface area contributed by atoms with Crippen LogP contribution in [0.3, 0.4) is 0 Å². The van der Waals surface area contributed by atoms with Crippen molar-refractivity contribution in [1.29, 1.82) is 0 Å². The van der Waals surface area contributed by atoms with Gasteiger partial charge in [0, 0.05) is 0 Å². The van der Waals surface area contributed by atoms with E-state index in [-0.39, 0.29) is 0 Å². The molecule has 66 valence electrons. The van der Waals surface area contributed by atoms with E-state index in [9.17, 15) is 0 Å². The zero-order chi connectivity index (χ0) is 9.40. The molecule has 0 aromatic heterocycles. The summed E-state index contributed by atoms with van der Waals surface area (Å²) in [6, 6.07) is 10.0. The average Bonchev–Trinajstić information content (AvgIpc) is 2.05. The smallest absolute Gasteiger partial charge is 0.0814 e. The highest BCUT2D eigenvalue weighted by Gasteiger charge is 1.75. The van der Waals surface area contributed by atoms with Crippen LogP contribution < -0.4 is 0 Å². The van der Waals surface area contributed by atoms with Crippen LogP contribution in [0.2, 0.25) is 0 Å². The fourth-order valence-electron chi connectivity index (χ4n) is 0.589. The van der Waals surface area contributed by atoms with E-state index in [1.807, 2.05) is 36.4 Å². The van der Waals surface area contributed by atoms with Crippen LogP contribution in [0.1, 0.15) is 5.56 Å². The summed E-state index contributed by atoms with van der Waals surface area (Å²) in [6.45, 7) is 3.63. The molecule has 0 aliphatic rings. The van der Waals surface area contributed by atoms with Crippen LogP contribution in [0, 0.1) is 0 Å². The molecule has 1 rings (SSSR count). The highest BCUT2D eigenvalue weighted by molar-refractivity contribution is 7.73. The van der Waals surface area contributed by atoms with Gasteiger partial charge in [0.25, 0.3) is 0 Å². The summed E-state index contributed by atoms with van der Waals surface area (Å²) in [5, 5.41) is 0. The maximum atomic E-state index is 8.56. The lowest BCUT2D eigenvalue weighted by atomic mass is 10.2. The molecule has 0 amide bonds. The lowest BCUT2D eigenvalue weighted by Gasteiger charge is -1.85. The fourth-order valence-corrected chi connectivity index (χ4v) is 0.589. The molecule has 1 aromatic rings. The van der Waals surface area contributed by atoms with Crippen LogP contribution in [0.4, 0.5) is 0 Å². The lowest BCUT2D eigenvalue weighted by molar-refractivity contribution is 0.436. The van der Waals surface area contributed by atoms with Crippen molar-refractivity contribution < 1.29 is 13.3 Å². The first-order valence-electron chi connectivity index (χ1n) is 3.12. The molecular formula is C8H9O3S-. The first-order valence-corrected chi connectivity index (χ1v) is 4.16. The molecule has 0 spiro atoms. The SMILES string of the molecule is C=Cc1ccccc1.O=S([O-])O. The third-order valence-electron chi connectivity index (χ3n) is 1.04. The summed E-state index contributed by atoms with van der Waals surface area (Å²) in [6.07, 6.45) is 1.83. The fraction of sp³-hybridized carbons (Fsp3) is 0. The first-order chi connectivity index (χ1) is 5.66. The van der Waals surface area contributed by atoms with E-state index >= 15 is 0 Å². The summed E-state index contributed by atoms with van der Waals surface area (Å²) >= 11 is -2.86. The van der Waals surface area contributed by atoms with Crippen LogP contribution in [-0.2, 0) is 11.4 Å². The highest BCUT2D eigenvalue weighted by atomic mass is 32.2. The first kappa shape index (κ1) is 11.0. The van der Waals surface area contributed by atoms with Crippen molar-refractivity contribution >= 4 is 17.4 Å². The third kappa shape index (κ3) is 7.14. The molecular weight excluding hydrogens is 176 g/mol. The van der Waals surface area contributed by atoms with E-state index in [1.54, 1.807) is 0 Å². The van der Waals surface area contributed by atoms with Crippen LogP contribution in [0.15, 0.2) is 36.9 Å². The van der Waals surface area contributed by atoms with E-state index in [4.69, 9.17) is 13.3 Å². The molecule has 1 atom stereocenters. The van der Waals surface area contributed by atoms with Gasteiger partial charge in [-0.2, -0.15) is 0 Å². The molecule has 1 unspecified atom stereocenters. The minimum absolute atomic E-state index is 1.17. The topological polar surface area (TPSA) is 60.4 Å². The minimum Gasteiger partial charge on any atom is -0.750 e. The minimum atomic E-state index is -2.86. The van der Waals surface area contributed by atoms with Crippen LogP contribution in [0.25, 0.3) is 6.08 Å². The Morgan fingerprint density at radius 2 is 1.83 bits per heavy atom. The molecule has 0 aliphatic carbocycles. The largest absolute Gasteiger partial charge is 0.750 e. The van der Waals surface area contributed by atoms with E-state index in [0.29, 0.717) is 0 Å². The van der Waals surface area contributed by atoms with Crippen LogP contribution in [0.5, 0.6) is 0 Å². The summed E-state index contributed by atoms with van der Waals surface area (Å²) in [5.74, 6) is 0. The number of benzene rings is 1. The molecule has 0 radical (unpaired) electrons. The second-order valence-corrected chi connectivity index (χ2v) is 2.27. The number of rotatable bonds is 1. The van der Waals surface area contributed by atoms with Crippen molar-refractivity contribution in [3.8, 4) is 0 Å². The third-order valence-corrected chi connectivity index (χ3v) is 1.04. The monoisotopic (exact) mass is 185 g/mol. The molecule has 0 heterocycles. The highest BCUT2D eigenvalue weighted by Crippen LogP contribution is 1.97. The van der Waals surface area contributed by atoms with Gasteiger partial charge in [-0.05, 0) is 5.56 Å². The molecule has 3 nitrogen and oxygen atoms in total. The van der Waals surface area contributed by atoms with Gasteiger partial charge in [-0.3, -0.25) is 0 Å². The van der Waals surface area contributed by atoms with Gasteiger partial charge in [-0.1, -0.05) is 43.0 Å². The maximum absolute atomic E-state index is 8.56. The Kier molecular flexibility index (Phi) is 6.18. The molecule has 1 aromatic carbocycles. The summed E-state index contributed by atoms with van der Waals surface area (Å²) in [5.41, 5.74) is 1.17. The van der Waals surface area contributed by atoms with Crippen molar-refractivity contribution in [2.24, 2.45) is 0 Å². The van der Waals surface area contributed by atoms with Gasteiger partial charge < -0.3 is 9.11 Å². The lowest BCUT2D eigenvalue weighted by Crippen LogP contribution is -1.75. The summed E-state index contributed by atoms with van der Waals surface area (Å²) in [7, 11) is 0. The van der Waals surface area contributed by atoms with Crippen molar-refractivity contribution in [2.75, 3.05) is 0 Å². The molecule has 0 fully saturated rings.